The number of nitrogens with zero attached hydrogens (tertiary/aromatic N) is 4. The van der Waals surface area contributed by atoms with Crippen molar-refractivity contribution in [3.63, 3.8) is 0 Å². The second-order valence-corrected chi connectivity index (χ2v) is 9.78. The number of fused-ring (bicyclic) bond motifs is 2. The van der Waals surface area contributed by atoms with E-state index in [0.29, 0.717) is 11.5 Å². The summed E-state index contributed by atoms with van der Waals surface area (Å²) in [4.78, 5) is 20.2. The Morgan fingerprint density at radius 3 is 2.51 bits per heavy atom. The smallest absolute Gasteiger partial charge is 0.177 e. The number of nitrogens with one attached hydrogen (secondary N) is 2. The van der Waals surface area contributed by atoms with Crippen molar-refractivity contribution in [2.24, 2.45) is 5.92 Å². The Bertz CT molecular complexity index is 1510. The highest BCUT2D eigenvalue weighted by Crippen LogP contribution is 2.31. The lowest BCUT2D eigenvalue weighted by atomic mass is 10.1. The Balaban J connectivity index is 0.000000503. The molecule has 1 aliphatic rings. The first-order valence-corrected chi connectivity index (χ1v) is 12.8. The van der Waals surface area contributed by atoms with Crippen LogP contribution in [0.3, 0.4) is 0 Å². The van der Waals surface area contributed by atoms with Crippen molar-refractivity contribution in [2.75, 3.05) is 18.9 Å². The Kier molecular flexibility index (Phi) is 7.23. The lowest BCUT2D eigenvalue weighted by Crippen LogP contribution is -2.10. The van der Waals surface area contributed by atoms with E-state index in [9.17, 15) is 4.79 Å². The van der Waals surface area contributed by atoms with Crippen LogP contribution in [0.1, 0.15) is 37.0 Å². The summed E-state index contributed by atoms with van der Waals surface area (Å²) in [6.45, 7) is 5.18. The fourth-order valence-electron chi connectivity index (χ4n) is 4.16. The van der Waals surface area contributed by atoms with Gasteiger partial charge >= 0.3 is 0 Å². The summed E-state index contributed by atoms with van der Waals surface area (Å²) >= 11 is 0. The quantitative estimate of drug-likeness (QED) is 0.277. The summed E-state index contributed by atoms with van der Waals surface area (Å²) in [5.74, 6) is 0.485. The van der Waals surface area contributed by atoms with E-state index in [2.05, 4.69) is 46.6 Å². The van der Waals surface area contributed by atoms with Crippen molar-refractivity contribution in [1.82, 2.24) is 24.9 Å². The maximum absolute atomic E-state index is 11.1. The second-order valence-electron chi connectivity index (χ2n) is 9.78. The Morgan fingerprint density at radius 1 is 1.05 bits per heavy atom. The van der Waals surface area contributed by atoms with E-state index in [1.165, 1.54) is 12.8 Å². The first-order chi connectivity index (χ1) is 18.1. The molecule has 1 fully saturated rings. The second kappa shape index (κ2) is 10.9. The predicted molar refractivity (Wildman–Crippen MR) is 150 cm³/mol. The van der Waals surface area contributed by atoms with E-state index in [-0.39, 0.29) is 0 Å². The molecule has 0 atom stereocenters. The predicted octanol–water partition coefficient (Wildman–Crippen LogP) is 5.86. The van der Waals surface area contributed by atoms with Crippen LogP contribution in [-0.4, -0.2) is 45.5 Å². The van der Waals surface area contributed by atoms with Gasteiger partial charge in [0, 0.05) is 40.9 Å². The van der Waals surface area contributed by atoms with Gasteiger partial charge in [-0.15, -0.1) is 0 Å². The van der Waals surface area contributed by atoms with Gasteiger partial charge in [-0.25, -0.2) is 9.50 Å². The van der Waals surface area contributed by atoms with Gasteiger partial charge in [-0.3, -0.25) is 9.78 Å². The number of pyridine rings is 1. The molecule has 0 spiro atoms. The van der Waals surface area contributed by atoms with Gasteiger partial charge < -0.3 is 10.6 Å². The number of anilines is 1. The number of aromatic nitrogens is 4. The van der Waals surface area contributed by atoms with Crippen molar-refractivity contribution in [3.05, 3.63) is 78.6 Å². The summed E-state index contributed by atoms with van der Waals surface area (Å²) in [5, 5.41) is 12.7. The Hall–Kier alpha value is -4.10. The van der Waals surface area contributed by atoms with Crippen molar-refractivity contribution in [3.8, 4) is 22.5 Å². The normalized spacial score (nSPS) is 13.0. The molecule has 2 N–H and O–H groups in total. The molecule has 0 bridgehead atoms. The highest BCUT2D eigenvalue weighted by Gasteiger charge is 2.17. The summed E-state index contributed by atoms with van der Waals surface area (Å²) < 4.78 is 1.88. The van der Waals surface area contributed by atoms with Crippen LogP contribution in [0.2, 0.25) is 0 Å². The van der Waals surface area contributed by atoms with Crippen LogP contribution in [0.5, 0.6) is 0 Å². The summed E-state index contributed by atoms with van der Waals surface area (Å²) in [6.07, 6.45) is 7.29. The molecular weight excluding hydrogens is 460 g/mol. The van der Waals surface area contributed by atoms with Gasteiger partial charge in [0.25, 0.3) is 0 Å². The molecule has 1 aliphatic carbocycles. The molecule has 0 aliphatic heterocycles. The summed E-state index contributed by atoms with van der Waals surface area (Å²) in [6, 6.07) is 20.5. The molecule has 5 aromatic rings. The number of carbonyl (C=O) groups is 1. The molecule has 0 unspecified atom stereocenters. The molecule has 0 radical (unpaired) electrons. The zero-order valence-electron chi connectivity index (χ0n) is 21.5. The lowest BCUT2D eigenvalue weighted by Gasteiger charge is -2.13. The molecule has 188 valence electrons. The van der Waals surface area contributed by atoms with E-state index in [4.69, 9.17) is 5.10 Å². The Labute approximate surface area is 217 Å². The number of para-hydroxylation sites is 1. The van der Waals surface area contributed by atoms with Crippen molar-refractivity contribution in [1.29, 1.82) is 0 Å². The minimum atomic E-state index is 0.485. The van der Waals surface area contributed by atoms with Gasteiger partial charge in [-0.1, -0.05) is 56.3 Å². The zero-order valence-corrected chi connectivity index (χ0v) is 21.5. The first-order valence-electron chi connectivity index (χ1n) is 12.8. The minimum absolute atomic E-state index is 0.485. The molecule has 7 heteroatoms. The van der Waals surface area contributed by atoms with Crippen molar-refractivity contribution >= 4 is 28.5 Å². The van der Waals surface area contributed by atoms with Gasteiger partial charge in [0.2, 0.25) is 0 Å². The first kappa shape index (κ1) is 24.6. The average molecular weight is 493 g/mol. The highest BCUT2D eigenvalue weighted by molar-refractivity contribution is 5.94. The number of carbonyl (C=O) groups excluding carboxylic acids is 1. The molecule has 0 amide bonds. The minimum Gasteiger partial charge on any atom is -0.382 e. The SMILES string of the molecule is CC(C)CNc1cc(-c2ccnc3ccccc23)nn2c(-c3ccc(C=O)cc3)cnc12.CNC1CC1. The number of imidazole rings is 1. The molecule has 6 rings (SSSR count). The van der Waals surface area contributed by atoms with E-state index in [1.54, 1.807) is 12.1 Å². The van der Waals surface area contributed by atoms with Crippen LogP contribution in [-0.2, 0) is 0 Å². The van der Waals surface area contributed by atoms with Gasteiger partial charge in [-0.05, 0) is 44.0 Å². The average Bonchev–Trinajstić information content (AvgIpc) is 3.69. The molecule has 0 saturated heterocycles. The molecule has 2 aromatic carbocycles. The number of aldehydes is 1. The number of hydrogen-bond donors (Lipinski definition) is 2. The standard InChI is InChI=1S/C26H23N5O.C4H9N/c1-17(2)14-28-24-13-23(21-11-12-27-22-6-4-3-5-20(21)22)30-31-25(15-29-26(24)31)19-9-7-18(16-32)8-10-19;1-5-4-2-3-4/h3-13,15-17,28H,14H2,1-2H3;4-5H,2-3H2,1H3. The van der Waals surface area contributed by atoms with Gasteiger partial charge in [-0.2, -0.15) is 5.10 Å². The fourth-order valence-corrected chi connectivity index (χ4v) is 4.16. The van der Waals surface area contributed by atoms with Gasteiger partial charge in [0.1, 0.15) is 6.29 Å². The van der Waals surface area contributed by atoms with Gasteiger partial charge in [0.15, 0.2) is 5.65 Å². The van der Waals surface area contributed by atoms with Crippen LogP contribution in [0.15, 0.2) is 73.1 Å². The van der Waals surface area contributed by atoms with Crippen LogP contribution in [0.25, 0.3) is 39.1 Å². The van der Waals surface area contributed by atoms with E-state index in [0.717, 1.165) is 63.6 Å². The molecule has 1 saturated carbocycles. The van der Waals surface area contributed by atoms with Crippen LogP contribution in [0, 0.1) is 5.92 Å². The maximum Gasteiger partial charge on any atom is 0.177 e. The molecule has 3 aromatic heterocycles. The van der Waals surface area contributed by atoms with E-state index >= 15 is 0 Å². The van der Waals surface area contributed by atoms with E-state index in [1.807, 2.05) is 60.4 Å². The maximum atomic E-state index is 11.1. The number of rotatable bonds is 7. The third-order valence-corrected chi connectivity index (χ3v) is 6.42. The van der Waals surface area contributed by atoms with E-state index < -0.39 is 0 Å². The third kappa shape index (κ3) is 5.52. The van der Waals surface area contributed by atoms with Crippen LogP contribution in [0.4, 0.5) is 5.69 Å². The summed E-state index contributed by atoms with van der Waals surface area (Å²) in [5.41, 5.74) is 6.93. The largest absolute Gasteiger partial charge is 0.382 e. The van der Waals surface area contributed by atoms with Crippen molar-refractivity contribution in [2.45, 2.75) is 32.7 Å². The fraction of sp³-hybridized carbons (Fsp3) is 0.267. The molecular formula is C30H32N6O. The topological polar surface area (TPSA) is 84.2 Å². The van der Waals surface area contributed by atoms with Crippen LogP contribution < -0.4 is 10.6 Å². The third-order valence-electron chi connectivity index (χ3n) is 6.42. The summed E-state index contributed by atoms with van der Waals surface area (Å²) in [7, 11) is 2.01. The van der Waals surface area contributed by atoms with Crippen molar-refractivity contribution < 1.29 is 4.79 Å². The number of benzene rings is 2. The van der Waals surface area contributed by atoms with Crippen LogP contribution >= 0.6 is 0 Å². The number of hydrogen-bond acceptors (Lipinski definition) is 6. The molecule has 7 nitrogen and oxygen atoms in total. The highest BCUT2D eigenvalue weighted by atomic mass is 16.1. The zero-order chi connectivity index (χ0) is 25.8. The monoisotopic (exact) mass is 492 g/mol. The van der Waals surface area contributed by atoms with Gasteiger partial charge in [0.05, 0.1) is 28.8 Å². The lowest BCUT2D eigenvalue weighted by molar-refractivity contribution is 0.112. The molecule has 3 heterocycles. The Morgan fingerprint density at radius 2 is 1.84 bits per heavy atom. The molecule has 37 heavy (non-hydrogen) atoms.